The first kappa shape index (κ1) is 13.9. The van der Waals surface area contributed by atoms with E-state index in [0.29, 0.717) is 4.09 Å². The second-order valence-corrected chi connectivity index (χ2v) is 5.69. The Bertz CT molecular complexity index is 817. The fourth-order valence-corrected chi connectivity index (χ4v) is 2.05. The number of para-hydroxylation sites is 1. The molecule has 0 spiro atoms. The van der Waals surface area contributed by atoms with E-state index >= 15 is 0 Å². The van der Waals surface area contributed by atoms with Gasteiger partial charge in [0, 0.05) is 0 Å². The molecule has 1 aromatic carbocycles. The molecule has 20 heavy (non-hydrogen) atoms. The van der Waals surface area contributed by atoms with Gasteiger partial charge in [0.05, 0.1) is 11.9 Å². The molecule has 10 heteroatoms. The lowest BCUT2D eigenvalue weighted by Crippen LogP contribution is -2.32. The molecule has 1 heterocycles. The molecule has 0 bridgehead atoms. The molecule has 0 saturated carbocycles. The normalized spacial score (nSPS) is 11.3. The highest BCUT2D eigenvalue weighted by Crippen LogP contribution is 2.16. The number of benzene rings is 1. The highest BCUT2D eigenvalue weighted by atomic mass is 32.2. The van der Waals surface area contributed by atoms with Crippen LogP contribution in [0.2, 0.25) is 0 Å². The van der Waals surface area contributed by atoms with E-state index < -0.39 is 21.3 Å². The van der Waals surface area contributed by atoms with Gasteiger partial charge in [-0.1, -0.05) is 12.1 Å². The fourth-order valence-electron chi connectivity index (χ4n) is 1.40. The number of nitrogens with two attached hydrogens (primary N) is 1. The molecule has 0 atom stereocenters. The summed E-state index contributed by atoms with van der Waals surface area (Å²) in [6.45, 7) is 0. The number of aromatic nitrogens is 3. The predicted molar refractivity (Wildman–Crippen MR) is 70.2 cm³/mol. The van der Waals surface area contributed by atoms with Crippen LogP contribution >= 0.6 is 0 Å². The van der Waals surface area contributed by atoms with Crippen molar-refractivity contribution in [3.8, 4) is 0 Å². The lowest BCUT2D eigenvalue weighted by molar-refractivity contribution is 0.579. The van der Waals surface area contributed by atoms with Crippen LogP contribution in [-0.4, -0.2) is 28.8 Å². The maximum Gasteiger partial charge on any atom is 0.253 e. The highest BCUT2D eigenvalue weighted by molar-refractivity contribution is 7.89. The number of hydrogen-bond acceptors (Lipinski definition) is 7. The number of nitrogens with one attached hydrogen (secondary N) is 2. The summed E-state index contributed by atoms with van der Waals surface area (Å²) in [6, 6.07) is 5.72. The van der Waals surface area contributed by atoms with Crippen molar-refractivity contribution in [2.45, 2.75) is 0 Å². The molecule has 106 valence electrons. The van der Waals surface area contributed by atoms with Gasteiger partial charge in [0.2, 0.25) is 11.4 Å². The van der Waals surface area contributed by atoms with Gasteiger partial charge in [-0.05, 0) is 12.1 Å². The Morgan fingerprint density at radius 1 is 1.40 bits per heavy atom. The third kappa shape index (κ3) is 2.74. The molecule has 0 aliphatic carbocycles. The van der Waals surface area contributed by atoms with Crippen molar-refractivity contribution in [2.24, 2.45) is 0 Å². The maximum absolute atomic E-state index is 13.5. The van der Waals surface area contributed by atoms with Gasteiger partial charge in [-0.2, -0.15) is 4.98 Å². The minimum absolute atomic E-state index is 0.0599. The van der Waals surface area contributed by atoms with Gasteiger partial charge in [-0.3, -0.25) is 5.41 Å². The van der Waals surface area contributed by atoms with Crippen molar-refractivity contribution in [3.05, 3.63) is 35.6 Å². The number of nitrogen functional groups attached to an aromatic ring is 1. The Kier molecular flexibility index (Phi) is 3.40. The molecule has 1 aromatic heterocycles. The molecule has 0 aliphatic rings. The summed E-state index contributed by atoms with van der Waals surface area (Å²) in [7, 11) is -3.82. The first-order valence-corrected chi connectivity index (χ1v) is 7.17. The van der Waals surface area contributed by atoms with Gasteiger partial charge in [0.15, 0.2) is 5.82 Å². The van der Waals surface area contributed by atoms with Crippen LogP contribution in [-0.2, 0) is 10.0 Å². The summed E-state index contributed by atoms with van der Waals surface area (Å²) in [4.78, 5) is 3.70. The Hall–Kier alpha value is -2.49. The fraction of sp³-hybridized carbons (Fsp3) is 0.100. The molecule has 0 amide bonds. The SMILES string of the molecule is CS(=O)(=O)n1nc(Nc2ccccc2F)nc(N)c1=N. The van der Waals surface area contributed by atoms with Crippen molar-refractivity contribution in [1.82, 2.24) is 14.2 Å². The van der Waals surface area contributed by atoms with Gasteiger partial charge in [-0.15, -0.1) is 9.19 Å². The quantitative estimate of drug-likeness (QED) is 0.733. The topological polar surface area (TPSA) is 127 Å². The van der Waals surface area contributed by atoms with E-state index in [0.717, 1.165) is 6.26 Å². The number of anilines is 3. The van der Waals surface area contributed by atoms with Crippen LogP contribution in [0, 0.1) is 11.2 Å². The van der Waals surface area contributed by atoms with E-state index in [1.807, 2.05) is 0 Å². The van der Waals surface area contributed by atoms with E-state index in [1.165, 1.54) is 18.2 Å². The smallest absolute Gasteiger partial charge is 0.253 e. The molecule has 2 aromatic rings. The molecule has 0 unspecified atom stereocenters. The molecular formula is C10H11FN6O2S. The summed E-state index contributed by atoms with van der Waals surface area (Å²) in [5.41, 5.74) is 4.95. The Balaban J connectivity index is 2.52. The lowest BCUT2D eigenvalue weighted by atomic mass is 10.3. The summed E-state index contributed by atoms with van der Waals surface area (Å²) in [5, 5.41) is 13.6. The van der Waals surface area contributed by atoms with Crippen molar-refractivity contribution < 1.29 is 12.8 Å². The monoisotopic (exact) mass is 298 g/mol. The summed E-state index contributed by atoms with van der Waals surface area (Å²) in [6.07, 6.45) is 0.865. The number of nitrogens with zero attached hydrogens (tertiary/aromatic N) is 3. The molecule has 2 rings (SSSR count). The van der Waals surface area contributed by atoms with Crippen LogP contribution in [0.15, 0.2) is 24.3 Å². The van der Waals surface area contributed by atoms with Crippen molar-refractivity contribution in [1.29, 1.82) is 5.41 Å². The summed E-state index contributed by atoms with van der Waals surface area (Å²) < 4.78 is 36.8. The standard InChI is InChI=1S/C10H11FN6O2S/c1-20(18,19)17-9(13)8(12)15-10(16-17)14-7-5-3-2-4-6(7)11/h2-5,13H,1H3,(H3,12,14,15,16). The zero-order valence-corrected chi connectivity index (χ0v) is 11.1. The Morgan fingerprint density at radius 2 is 2.05 bits per heavy atom. The zero-order chi connectivity index (χ0) is 14.9. The van der Waals surface area contributed by atoms with E-state index in [2.05, 4.69) is 15.4 Å². The largest absolute Gasteiger partial charge is 0.380 e. The van der Waals surface area contributed by atoms with Gasteiger partial charge < -0.3 is 11.1 Å². The molecule has 8 nitrogen and oxygen atoms in total. The van der Waals surface area contributed by atoms with Gasteiger partial charge in [0.1, 0.15) is 5.82 Å². The van der Waals surface area contributed by atoms with Crippen LogP contribution in [0.5, 0.6) is 0 Å². The average Bonchev–Trinajstić information content (AvgIpc) is 2.35. The third-order valence-electron chi connectivity index (χ3n) is 2.28. The predicted octanol–water partition coefficient (Wildman–Crippen LogP) is 0.0302. The number of hydrogen-bond donors (Lipinski definition) is 3. The molecule has 0 saturated heterocycles. The molecule has 0 aliphatic heterocycles. The van der Waals surface area contributed by atoms with E-state index in [9.17, 15) is 12.8 Å². The second kappa shape index (κ2) is 4.89. The minimum atomic E-state index is -3.82. The van der Waals surface area contributed by atoms with Crippen LogP contribution in [0.25, 0.3) is 0 Å². The lowest BCUT2D eigenvalue weighted by Gasteiger charge is -2.09. The van der Waals surface area contributed by atoms with E-state index in [1.54, 1.807) is 6.07 Å². The van der Waals surface area contributed by atoms with Crippen LogP contribution < -0.4 is 16.5 Å². The minimum Gasteiger partial charge on any atom is -0.380 e. The Morgan fingerprint density at radius 3 is 2.65 bits per heavy atom. The van der Waals surface area contributed by atoms with E-state index in [4.69, 9.17) is 11.1 Å². The van der Waals surface area contributed by atoms with Gasteiger partial charge in [-0.25, -0.2) is 12.8 Å². The van der Waals surface area contributed by atoms with Crippen LogP contribution in [0.3, 0.4) is 0 Å². The van der Waals surface area contributed by atoms with Crippen LogP contribution in [0.4, 0.5) is 21.8 Å². The van der Waals surface area contributed by atoms with Crippen molar-refractivity contribution in [2.75, 3.05) is 17.3 Å². The first-order chi connectivity index (χ1) is 9.29. The van der Waals surface area contributed by atoms with Crippen molar-refractivity contribution >= 4 is 27.5 Å². The molecule has 0 radical (unpaired) electrons. The molecular weight excluding hydrogens is 287 g/mol. The summed E-state index contributed by atoms with van der Waals surface area (Å²) >= 11 is 0. The average molecular weight is 298 g/mol. The number of rotatable bonds is 3. The molecule has 0 fully saturated rings. The highest BCUT2D eigenvalue weighted by Gasteiger charge is 2.13. The van der Waals surface area contributed by atoms with Gasteiger partial charge in [0.25, 0.3) is 10.0 Å². The zero-order valence-electron chi connectivity index (χ0n) is 10.3. The maximum atomic E-state index is 13.5. The second-order valence-electron chi connectivity index (χ2n) is 3.88. The van der Waals surface area contributed by atoms with Crippen molar-refractivity contribution in [3.63, 3.8) is 0 Å². The summed E-state index contributed by atoms with van der Waals surface area (Å²) in [5.74, 6) is -1.13. The first-order valence-electron chi connectivity index (χ1n) is 5.32. The van der Waals surface area contributed by atoms with Crippen LogP contribution in [0.1, 0.15) is 0 Å². The number of halogens is 1. The van der Waals surface area contributed by atoms with E-state index in [-0.39, 0.29) is 17.5 Å². The van der Waals surface area contributed by atoms with Gasteiger partial charge >= 0.3 is 0 Å². The third-order valence-corrected chi connectivity index (χ3v) is 3.17. The molecule has 4 N–H and O–H groups in total. The Labute approximate surface area is 113 Å².